The highest BCUT2D eigenvalue weighted by molar-refractivity contribution is 7.09. The van der Waals surface area contributed by atoms with Crippen molar-refractivity contribution in [1.82, 2.24) is 9.88 Å². The molecule has 20 heavy (non-hydrogen) atoms. The van der Waals surface area contributed by atoms with E-state index in [1.165, 1.54) is 17.8 Å². The van der Waals surface area contributed by atoms with Gasteiger partial charge in [-0.1, -0.05) is 34.6 Å². The van der Waals surface area contributed by atoms with Crippen molar-refractivity contribution in [2.45, 2.75) is 71.8 Å². The summed E-state index contributed by atoms with van der Waals surface area (Å²) in [6, 6.07) is 1.08. The van der Waals surface area contributed by atoms with Gasteiger partial charge in [-0.2, -0.15) is 0 Å². The number of alkyl halides is 1. The summed E-state index contributed by atoms with van der Waals surface area (Å²) in [6.07, 6.45) is 3.51. The molecule has 0 aliphatic rings. The Labute approximate surface area is 133 Å². The molecule has 0 fully saturated rings. The smallest absolute Gasteiger partial charge is 0.110 e. The molecule has 1 rings (SSSR count). The van der Waals surface area contributed by atoms with Crippen LogP contribution in [0.3, 0.4) is 0 Å². The van der Waals surface area contributed by atoms with Crippen LogP contribution in [0, 0.1) is 5.92 Å². The molecule has 0 saturated heterocycles. The Balaban J connectivity index is 2.99. The Bertz CT molecular complexity index is 374. The van der Waals surface area contributed by atoms with Gasteiger partial charge < -0.3 is 0 Å². The van der Waals surface area contributed by atoms with Crippen LogP contribution in [-0.2, 0) is 5.88 Å². The summed E-state index contributed by atoms with van der Waals surface area (Å²) in [5, 5.41) is 3.33. The van der Waals surface area contributed by atoms with E-state index >= 15 is 0 Å². The first-order valence-corrected chi connectivity index (χ1v) is 9.24. The largest absolute Gasteiger partial charge is 0.291 e. The first-order chi connectivity index (χ1) is 9.57. The number of thiazole rings is 1. The molecular weight excluding hydrogens is 288 g/mol. The third-order valence-corrected chi connectivity index (χ3v) is 5.03. The van der Waals surface area contributed by atoms with E-state index in [0.29, 0.717) is 23.9 Å². The van der Waals surface area contributed by atoms with Crippen LogP contribution >= 0.6 is 22.9 Å². The normalized spacial score (nSPS) is 13.7. The molecule has 0 aromatic carbocycles. The molecule has 2 nitrogen and oxygen atoms in total. The van der Waals surface area contributed by atoms with E-state index in [9.17, 15) is 0 Å². The summed E-state index contributed by atoms with van der Waals surface area (Å²) in [5.41, 5.74) is 1.01. The quantitative estimate of drug-likeness (QED) is 0.561. The fourth-order valence-electron chi connectivity index (χ4n) is 2.80. The second-order valence-corrected chi connectivity index (χ2v) is 6.95. The van der Waals surface area contributed by atoms with E-state index in [1.54, 1.807) is 11.3 Å². The summed E-state index contributed by atoms with van der Waals surface area (Å²) in [7, 11) is 0. The molecule has 1 unspecified atom stereocenters. The van der Waals surface area contributed by atoms with Gasteiger partial charge in [-0.3, -0.25) is 4.90 Å². The van der Waals surface area contributed by atoms with Gasteiger partial charge >= 0.3 is 0 Å². The van der Waals surface area contributed by atoms with Gasteiger partial charge in [0.25, 0.3) is 0 Å². The van der Waals surface area contributed by atoms with Gasteiger partial charge in [0.15, 0.2) is 0 Å². The summed E-state index contributed by atoms with van der Waals surface area (Å²) < 4.78 is 0. The van der Waals surface area contributed by atoms with Crippen LogP contribution < -0.4 is 0 Å². The molecule has 0 spiro atoms. The predicted molar refractivity (Wildman–Crippen MR) is 90.6 cm³/mol. The van der Waals surface area contributed by atoms with Crippen LogP contribution in [0.1, 0.15) is 70.6 Å². The minimum absolute atomic E-state index is 0.435. The highest BCUT2D eigenvalue weighted by Crippen LogP contribution is 2.31. The summed E-state index contributed by atoms with van der Waals surface area (Å²) in [6.45, 7) is 12.6. The maximum atomic E-state index is 5.90. The molecule has 0 aliphatic carbocycles. The maximum absolute atomic E-state index is 5.90. The lowest BCUT2D eigenvalue weighted by Crippen LogP contribution is -2.40. The van der Waals surface area contributed by atoms with E-state index in [-0.39, 0.29) is 0 Å². The van der Waals surface area contributed by atoms with E-state index < -0.39 is 0 Å². The van der Waals surface area contributed by atoms with Crippen LogP contribution in [0.4, 0.5) is 0 Å². The lowest BCUT2D eigenvalue weighted by Gasteiger charge is -2.37. The van der Waals surface area contributed by atoms with Gasteiger partial charge in [0.1, 0.15) is 5.01 Å². The molecule has 0 N–H and O–H groups in total. The first kappa shape index (κ1) is 17.9. The van der Waals surface area contributed by atoms with Crippen LogP contribution in [0.15, 0.2) is 5.38 Å². The summed E-state index contributed by atoms with van der Waals surface area (Å²) in [4.78, 5) is 7.39. The van der Waals surface area contributed by atoms with E-state index in [0.717, 1.165) is 18.7 Å². The number of halogens is 1. The first-order valence-electron chi connectivity index (χ1n) is 7.83. The van der Waals surface area contributed by atoms with Crippen LogP contribution in [0.25, 0.3) is 0 Å². The fourth-order valence-corrected chi connectivity index (χ4v) is 4.05. The number of hydrogen-bond donors (Lipinski definition) is 0. The van der Waals surface area contributed by atoms with Gasteiger partial charge in [-0.05, 0) is 25.2 Å². The number of nitrogens with zero attached hydrogens (tertiary/aromatic N) is 2. The minimum Gasteiger partial charge on any atom is -0.291 e. The van der Waals surface area contributed by atoms with Gasteiger partial charge in [-0.25, -0.2) is 4.98 Å². The maximum Gasteiger partial charge on any atom is 0.110 e. The monoisotopic (exact) mass is 316 g/mol. The standard InChI is InChI=1S/C16H29ClN2S/c1-6-14(7-2)19(10-12(4)5)15(8-3)16-18-13(9-17)11-20-16/h11-12,14-15H,6-10H2,1-5H3. The van der Waals surface area contributed by atoms with E-state index in [4.69, 9.17) is 16.6 Å². The minimum atomic E-state index is 0.435. The van der Waals surface area contributed by atoms with Gasteiger partial charge in [0.2, 0.25) is 0 Å². The molecule has 1 atom stereocenters. The van der Waals surface area contributed by atoms with Gasteiger partial charge in [0.05, 0.1) is 17.6 Å². The van der Waals surface area contributed by atoms with Gasteiger partial charge in [-0.15, -0.1) is 22.9 Å². The molecule has 0 radical (unpaired) electrons. The SMILES string of the molecule is CCC(CC)N(CC(C)C)C(CC)c1nc(CCl)cs1. The number of hydrogen-bond acceptors (Lipinski definition) is 3. The zero-order valence-corrected chi connectivity index (χ0v) is 15.1. The number of aromatic nitrogens is 1. The Morgan fingerprint density at radius 2 is 1.85 bits per heavy atom. The second-order valence-electron chi connectivity index (χ2n) is 5.80. The van der Waals surface area contributed by atoms with Crippen molar-refractivity contribution < 1.29 is 0 Å². The molecule has 116 valence electrons. The summed E-state index contributed by atoms with van der Waals surface area (Å²) >= 11 is 7.66. The average Bonchev–Trinajstić information content (AvgIpc) is 2.89. The topological polar surface area (TPSA) is 16.1 Å². The number of rotatable bonds is 9. The fraction of sp³-hybridized carbons (Fsp3) is 0.812. The van der Waals surface area contributed by atoms with Crippen molar-refractivity contribution in [1.29, 1.82) is 0 Å². The van der Waals surface area contributed by atoms with Crippen molar-refractivity contribution in [3.8, 4) is 0 Å². The van der Waals surface area contributed by atoms with Crippen molar-refractivity contribution in [3.05, 3.63) is 16.1 Å². The Morgan fingerprint density at radius 1 is 1.20 bits per heavy atom. The third kappa shape index (κ3) is 4.71. The third-order valence-electron chi connectivity index (χ3n) is 3.77. The van der Waals surface area contributed by atoms with E-state index in [1.807, 2.05) is 0 Å². The Morgan fingerprint density at radius 3 is 2.25 bits per heavy atom. The zero-order chi connectivity index (χ0) is 15.1. The molecule has 0 bridgehead atoms. The van der Waals surface area contributed by atoms with Crippen molar-refractivity contribution in [2.24, 2.45) is 5.92 Å². The molecule has 1 heterocycles. The lowest BCUT2D eigenvalue weighted by molar-refractivity contribution is 0.105. The zero-order valence-electron chi connectivity index (χ0n) is 13.5. The Hall–Kier alpha value is -0.120. The van der Waals surface area contributed by atoms with Gasteiger partial charge in [0, 0.05) is 18.0 Å². The molecular formula is C16H29ClN2S. The second kappa shape index (κ2) is 9.01. The van der Waals surface area contributed by atoms with Crippen molar-refractivity contribution >= 4 is 22.9 Å². The highest BCUT2D eigenvalue weighted by atomic mass is 35.5. The molecule has 1 aromatic rings. The van der Waals surface area contributed by atoms with Crippen molar-refractivity contribution in [3.63, 3.8) is 0 Å². The predicted octanol–water partition coefficient (Wildman–Crippen LogP) is 5.48. The van der Waals surface area contributed by atoms with Crippen molar-refractivity contribution in [2.75, 3.05) is 6.54 Å². The molecule has 1 aromatic heterocycles. The molecule has 0 saturated carbocycles. The molecule has 0 aliphatic heterocycles. The highest BCUT2D eigenvalue weighted by Gasteiger charge is 2.27. The van der Waals surface area contributed by atoms with Crippen LogP contribution in [0.5, 0.6) is 0 Å². The molecule has 4 heteroatoms. The summed E-state index contributed by atoms with van der Waals surface area (Å²) in [5.74, 6) is 1.19. The van der Waals surface area contributed by atoms with E-state index in [2.05, 4.69) is 44.9 Å². The van der Waals surface area contributed by atoms with Crippen LogP contribution in [-0.4, -0.2) is 22.5 Å². The lowest BCUT2D eigenvalue weighted by atomic mass is 10.0. The molecule has 0 amide bonds. The Kier molecular flexibility index (Phi) is 8.08. The van der Waals surface area contributed by atoms with Crippen LogP contribution in [0.2, 0.25) is 0 Å². The average molecular weight is 317 g/mol.